The molecule has 0 bridgehead atoms. The maximum atomic E-state index is 11.4. The van der Waals surface area contributed by atoms with Gasteiger partial charge in [-0.05, 0) is 13.3 Å². The van der Waals surface area contributed by atoms with E-state index in [1.165, 1.54) is 13.5 Å². The number of hydrogen-bond donors (Lipinski definition) is 0. The summed E-state index contributed by atoms with van der Waals surface area (Å²) >= 11 is 0. The maximum Gasteiger partial charge on any atom is 1.00 e. The maximum absolute atomic E-state index is 11.4. The number of piperidine rings is 1. The van der Waals surface area contributed by atoms with Crippen molar-refractivity contribution in [3.63, 3.8) is 0 Å². The van der Waals surface area contributed by atoms with Crippen molar-refractivity contribution in [3.8, 4) is 0 Å². The quantitative estimate of drug-likeness (QED) is 0.373. The summed E-state index contributed by atoms with van der Waals surface area (Å²) < 4.78 is 30.6. The van der Waals surface area contributed by atoms with Crippen LogP contribution in [-0.2, 0) is 4.84 Å². The van der Waals surface area contributed by atoms with Crippen molar-refractivity contribution < 1.29 is 170 Å². The molecule has 1 aliphatic heterocycles. The van der Waals surface area contributed by atoms with Gasteiger partial charge in [0, 0.05) is 18.0 Å². The van der Waals surface area contributed by atoms with Crippen molar-refractivity contribution in [2.75, 3.05) is 6.50 Å². The first-order valence-electron chi connectivity index (χ1n) is 5.64. The standard InChI is InChI=1S/C8H15NO2.3K/c1-3-11-9-5-4-8(10)6-7(9)2;;;/h3,7-8H,4-6H2,1-2H3;;;/q-2;3*+1/i5T2,6T,7T;;;. The normalized spacial score (nSPS) is 45.1. The first-order valence-corrected chi connectivity index (χ1v) is 3.56. The van der Waals surface area contributed by atoms with Gasteiger partial charge in [-0.3, -0.25) is 0 Å². The molecule has 1 fully saturated rings. The Balaban J connectivity index is -0.000000750. The van der Waals surface area contributed by atoms with Gasteiger partial charge >= 0.3 is 154 Å². The fourth-order valence-electron chi connectivity index (χ4n) is 0.919. The Labute approximate surface area is 220 Å². The van der Waals surface area contributed by atoms with Crippen LogP contribution in [0.3, 0.4) is 0 Å². The van der Waals surface area contributed by atoms with Gasteiger partial charge in [0.05, 0.1) is 0 Å². The zero-order chi connectivity index (χ0) is 11.9. The van der Waals surface area contributed by atoms with E-state index in [-0.39, 0.29) is 161 Å². The Kier molecular flexibility index (Phi) is 15.4. The summed E-state index contributed by atoms with van der Waals surface area (Å²) in [4.78, 5) is 4.92. The van der Waals surface area contributed by atoms with Crippen molar-refractivity contribution in [2.45, 2.75) is 38.8 Å². The van der Waals surface area contributed by atoms with Gasteiger partial charge in [0.2, 0.25) is 0 Å². The van der Waals surface area contributed by atoms with Gasteiger partial charge in [-0.1, -0.05) is 6.42 Å². The zero-order valence-electron chi connectivity index (χ0n) is 13.7. The molecule has 0 saturated carbocycles. The molecule has 3 atom stereocenters. The van der Waals surface area contributed by atoms with Gasteiger partial charge in [-0.2, -0.15) is 13.5 Å². The summed E-state index contributed by atoms with van der Waals surface area (Å²) in [6, 6.07) is -1.68. The van der Waals surface area contributed by atoms with E-state index in [9.17, 15) is 5.11 Å². The molecule has 0 aliphatic carbocycles. The third kappa shape index (κ3) is 9.68. The largest absolute Gasteiger partial charge is 1.00 e. The second-order valence-electron chi connectivity index (χ2n) is 2.34. The van der Waals surface area contributed by atoms with Crippen molar-refractivity contribution in [1.29, 1.82) is 0 Å². The van der Waals surface area contributed by atoms with E-state index >= 15 is 0 Å². The van der Waals surface area contributed by atoms with Crippen LogP contribution in [0.15, 0.2) is 0 Å². The van der Waals surface area contributed by atoms with E-state index in [0.717, 1.165) is 5.06 Å². The molecule has 0 radical (unpaired) electrons. The Hall–Kier alpha value is 4.79. The minimum Gasteiger partial charge on any atom is -0.852 e. The molecular formula is C8H15K3NO2+. The fourth-order valence-corrected chi connectivity index (χ4v) is 0.919. The molecule has 3 unspecified atom stereocenters. The molecule has 0 spiro atoms. The fraction of sp³-hybridized carbons (Fsp3) is 0.875. The van der Waals surface area contributed by atoms with Crippen LogP contribution in [0, 0.1) is 6.61 Å². The van der Waals surface area contributed by atoms with Gasteiger partial charge in [0.15, 0.2) is 0 Å². The van der Waals surface area contributed by atoms with Gasteiger partial charge < -0.3 is 9.94 Å². The van der Waals surface area contributed by atoms with Crippen LogP contribution in [0.1, 0.15) is 32.1 Å². The van der Waals surface area contributed by atoms with E-state index < -0.39 is 25.0 Å². The number of hydroxylamine groups is 2. The number of hydrogen-bond acceptors (Lipinski definition) is 3. The predicted octanol–water partition coefficient (Wildman–Crippen LogP) is -8.68. The average Bonchev–Trinajstić information content (AvgIpc) is 2.09. The Morgan fingerprint density at radius 2 is 2.14 bits per heavy atom. The molecule has 1 heterocycles. The zero-order valence-corrected chi connectivity index (χ0v) is 19.1. The summed E-state index contributed by atoms with van der Waals surface area (Å²) in [7, 11) is 0. The van der Waals surface area contributed by atoms with E-state index in [4.69, 9.17) is 10.3 Å². The van der Waals surface area contributed by atoms with Crippen LogP contribution < -0.4 is 159 Å². The summed E-state index contributed by atoms with van der Waals surface area (Å²) in [5, 5.41) is 12.2. The molecule has 1 rings (SSSR count). The SMILES string of the molecule is [3H]C1C([O-])CC([3H])([3H])N(O[CH-]C)C1([3H])C.[K+].[K+].[K+]. The average molecular weight is 283 g/mol. The molecule has 0 aromatic carbocycles. The molecule has 14 heavy (non-hydrogen) atoms. The topological polar surface area (TPSA) is 35.5 Å². The Morgan fingerprint density at radius 3 is 2.64 bits per heavy atom. The summed E-state index contributed by atoms with van der Waals surface area (Å²) in [6.45, 7) is 2.10. The second-order valence-corrected chi connectivity index (χ2v) is 2.34. The molecule has 6 heteroatoms. The van der Waals surface area contributed by atoms with Crippen molar-refractivity contribution >= 4 is 0 Å². The van der Waals surface area contributed by atoms with Crippen molar-refractivity contribution in [3.05, 3.63) is 6.61 Å². The van der Waals surface area contributed by atoms with Crippen molar-refractivity contribution in [1.82, 2.24) is 5.06 Å². The second kappa shape index (κ2) is 14.2. The van der Waals surface area contributed by atoms with Gasteiger partial charge in [-0.25, -0.2) is 5.06 Å². The van der Waals surface area contributed by atoms with Crippen LogP contribution in [0.25, 0.3) is 0 Å². The van der Waals surface area contributed by atoms with Gasteiger partial charge in [-0.15, -0.1) is 6.10 Å². The van der Waals surface area contributed by atoms with Gasteiger partial charge in [0.25, 0.3) is 0 Å². The summed E-state index contributed by atoms with van der Waals surface area (Å²) in [5.41, 5.74) is 0. The first-order chi connectivity index (χ1) is 6.73. The molecule has 3 nitrogen and oxygen atoms in total. The summed E-state index contributed by atoms with van der Waals surface area (Å²) in [6.07, 6.45) is -2.98. The molecule has 1 aliphatic rings. The smallest absolute Gasteiger partial charge is 0.852 e. The molecule has 0 aromatic rings. The van der Waals surface area contributed by atoms with Gasteiger partial charge in [0.1, 0.15) is 0 Å². The number of rotatable bonds is 2. The Morgan fingerprint density at radius 1 is 1.57 bits per heavy atom. The minimum atomic E-state index is -2.01. The Bertz CT molecular complexity index is 248. The van der Waals surface area contributed by atoms with E-state index in [1.807, 2.05) is 0 Å². The molecule has 1 saturated heterocycles. The van der Waals surface area contributed by atoms with Crippen LogP contribution in [0.4, 0.5) is 0 Å². The summed E-state index contributed by atoms with van der Waals surface area (Å²) in [5.74, 6) is 0. The monoisotopic (exact) mass is 282 g/mol. The molecule has 0 aromatic heterocycles. The van der Waals surface area contributed by atoms with E-state index in [0.29, 0.717) is 0 Å². The van der Waals surface area contributed by atoms with Crippen LogP contribution in [0.2, 0.25) is 0 Å². The molecule has 66 valence electrons. The van der Waals surface area contributed by atoms with E-state index in [2.05, 4.69) is 0 Å². The molecule has 0 amide bonds. The third-order valence-corrected chi connectivity index (χ3v) is 1.39. The third-order valence-electron chi connectivity index (χ3n) is 1.39. The molecule has 0 N–H and O–H groups in total. The number of nitrogens with zero attached hydrogens (tertiary/aromatic N) is 1. The minimum absolute atomic E-state index is 0. The first kappa shape index (κ1) is 15.2. The van der Waals surface area contributed by atoms with E-state index in [1.54, 1.807) is 6.92 Å². The van der Waals surface area contributed by atoms with Crippen LogP contribution >= 0.6 is 0 Å². The van der Waals surface area contributed by atoms with Crippen LogP contribution in [-0.4, -0.2) is 23.7 Å². The molecular weight excluding hydrogens is 259 g/mol. The van der Waals surface area contributed by atoms with Crippen LogP contribution in [0.5, 0.6) is 0 Å². The van der Waals surface area contributed by atoms with Crippen molar-refractivity contribution in [2.24, 2.45) is 0 Å². The predicted molar refractivity (Wildman–Crippen MR) is 40.2 cm³/mol.